The molecule has 3 rings (SSSR count). The highest BCUT2D eigenvalue weighted by Gasteiger charge is 2.33. The summed E-state index contributed by atoms with van der Waals surface area (Å²) in [6.07, 6.45) is 3.85. The van der Waals surface area contributed by atoms with Gasteiger partial charge in [0.25, 0.3) is 10.0 Å². The standard InChI is InChI=1S/C17H21N3O4S/c1-13-6-5-7-14(10-13)11-19-12-15(17(21)22)16(18-19)25(23,24)20-8-3-2-4-9-20/h5-7,10,12H,2-4,8-9,11H2,1H3,(H,21,22). The van der Waals surface area contributed by atoms with Crippen LogP contribution in [-0.4, -0.2) is 46.7 Å². The van der Waals surface area contributed by atoms with Crippen LogP contribution in [0.3, 0.4) is 0 Å². The predicted molar refractivity (Wildman–Crippen MR) is 92.1 cm³/mol. The highest BCUT2D eigenvalue weighted by Crippen LogP contribution is 2.23. The van der Waals surface area contributed by atoms with Gasteiger partial charge < -0.3 is 5.11 Å². The summed E-state index contributed by atoms with van der Waals surface area (Å²) in [6, 6.07) is 7.72. The fourth-order valence-corrected chi connectivity index (χ4v) is 4.66. The third-order valence-electron chi connectivity index (χ3n) is 4.28. The molecule has 2 aromatic rings. The number of sulfonamides is 1. The summed E-state index contributed by atoms with van der Waals surface area (Å²) >= 11 is 0. The number of nitrogens with zero attached hydrogens (tertiary/aromatic N) is 3. The van der Waals surface area contributed by atoms with Gasteiger partial charge in [-0.3, -0.25) is 4.68 Å². The molecule has 2 heterocycles. The molecule has 1 N–H and O–H groups in total. The fraction of sp³-hybridized carbons (Fsp3) is 0.412. The Kier molecular flexibility index (Phi) is 4.91. The Balaban J connectivity index is 1.96. The summed E-state index contributed by atoms with van der Waals surface area (Å²) in [6.45, 7) is 3.09. The molecule has 1 fully saturated rings. The van der Waals surface area contributed by atoms with E-state index in [0.29, 0.717) is 19.6 Å². The van der Waals surface area contributed by atoms with Crippen molar-refractivity contribution in [2.75, 3.05) is 13.1 Å². The first kappa shape index (κ1) is 17.6. The average molecular weight is 363 g/mol. The molecule has 1 aliphatic heterocycles. The van der Waals surface area contributed by atoms with Crippen molar-refractivity contribution in [1.82, 2.24) is 14.1 Å². The van der Waals surface area contributed by atoms with Crippen LogP contribution < -0.4 is 0 Å². The van der Waals surface area contributed by atoms with Crippen molar-refractivity contribution in [1.29, 1.82) is 0 Å². The summed E-state index contributed by atoms with van der Waals surface area (Å²) in [4.78, 5) is 11.5. The second-order valence-corrected chi connectivity index (χ2v) is 8.16. The molecule has 0 bridgehead atoms. The van der Waals surface area contributed by atoms with Gasteiger partial charge in [-0.1, -0.05) is 36.2 Å². The van der Waals surface area contributed by atoms with Crippen LogP contribution in [-0.2, 0) is 16.6 Å². The number of piperidine rings is 1. The normalized spacial score (nSPS) is 16.0. The minimum atomic E-state index is -3.90. The van der Waals surface area contributed by atoms with Crippen molar-refractivity contribution in [3.8, 4) is 0 Å². The molecule has 134 valence electrons. The monoisotopic (exact) mass is 363 g/mol. The van der Waals surface area contributed by atoms with Gasteiger partial charge in [0.2, 0.25) is 5.03 Å². The number of carboxylic acids is 1. The summed E-state index contributed by atoms with van der Waals surface area (Å²) in [5, 5.41) is 13.2. The summed E-state index contributed by atoms with van der Waals surface area (Å²) < 4.78 is 28.4. The summed E-state index contributed by atoms with van der Waals surface area (Å²) in [5.74, 6) is -1.29. The van der Waals surface area contributed by atoms with Crippen LogP contribution >= 0.6 is 0 Å². The molecule has 0 amide bonds. The quantitative estimate of drug-likeness (QED) is 0.878. The lowest BCUT2D eigenvalue weighted by Crippen LogP contribution is -2.36. The van der Waals surface area contributed by atoms with E-state index in [0.717, 1.165) is 30.4 Å². The van der Waals surface area contributed by atoms with Gasteiger partial charge in [-0.2, -0.15) is 9.40 Å². The Hall–Kier alpha value is -2.19. The molecule has 0 radical (unpaired) electrons. The zero-order valence-corrected chi connectivity index (χ0v) is 14.9. The van der Waals surface area contributed by atoms with E-state index in [-0.39, 0.29) is 10.6 Å². The van der Waals surface area contributed by atoms with E-state index < -0.39 is 16.0 Å². The van der Waals surface area contributed by atoms with E-state index in [9.17, 15) is 18.3 Å². The van der Waals surface area contributed by atoms with Gasteiger partial charge in [0, 0.05) is 19.3 Å². The fourth-order valence-electron chi connectivity index (χ4n) is 3.05. The predicted octanol–water partition coefficient (Wildman–Crippen LogP) is 2.11. The van der Waals surface area contributed by atoms with Crippen LogP contribution in [0.25, 0.3) is 0 Å². The van der Waals surface area contributed by atoms with Gasteiger partial charge in [0.05, 0.1) is 6.54 Å². The van der Waals surface area contributed by atoms with E-state index in [1.807, 2.05) is 31.2 Å². The van der Waals surface area contributed by atoms with Crippen LogP contribution in [0.15, 0.2) is 35.5 Å². The topological polar surface area (TPSA) is 92.5 Å². The number of aryl methyl sites for hydroxylation is 1. The number of aromatic carboxylic acids is 1. The molecule has 8 heteroatoms. The maximum Gasteiger partial charge on any atom is 0.340 e. The summed E-state index contributed by atoms with van der Waals surface area (Å²) in [5.41, 5.74) is 1.73. The number of carboxylic acid groups (broad SMARTS) is 1. The highest BCUT2D eigenvalue weighted by atomic mass is 32.2. The Morgan fingerprint density at radius 2 is 1.96 bits per heavy atom. The molecule has 1 aromatic heterocycles. The number of hydrogen-bond donors (Lipinski definition) is 1. The van der Waals surface area contributed by atoms with Gasteiger partial charge in [-0.15, -0.1) is 0 Å². The van der Waals surface area contributed by atoms with Crippen LogP contribution in [0.4, 0.5) is 0 Å². The zero-order valence-electron chi connectivity index (χ0n) is 14.1. The molecule has 0 spiro atoms. The Morgan fingerprint density at radius 3 is 2.60 bits per heavy atom. The summed E-state index contributed by atoms with van der Waals surface area (Å²) in [7, 11) is -3.90. The molecular weight excluding hydrogens is 342 g/mol. The molecular formula is C17H21N3O4S. The SMILES string of the molecule is Cc1cccc(Cn2cc(C(=O)O)c(S(=O)(=O)N3CCCCC3)n2)c1. The zero-order chi connectivity index (χ0) is 18.0. The lowest BCUT2D eigenvalue weighted by Gasteiger charge is -2.25. The van der Waals surface area contributed by atoms with Gasteiger partial charge in [0.15, 0.2) is 0 Å². The van der Waals surface area contributed by atoms with Crippen molar-refractivity contribution in [2.24, 2.45) is 0 Å². The van der Waals surface area contributed by atoms with Gasteiger partial charge in [0.1, 0.15) is 5.56 Å². The Bertz CT molecular complexity index is 883. The van der Waals surface area contributed by atoms with Crippen LogP contribution in [0.2, 0.25) is 0 Å². The van der Waals surface area contributed by atoms with Crippen molar-refractivity contribution in [3.63, 3.8) is 0 Å². The largest absolute Gasteiger partial charge is 0.478 e. The maximum atomic E-state index is 12.8. The molecule has 1 aliphatic rings. The van der Waals surface area contributed by atoms with E-state index >= 15 is 0 Å². The molecule has 25 heavy (non-hydrogen) atoms. The van der Waals surface area contributed by atoms with E-state index in [4.69, 9.17) is 0 Å². The maximum absolute atomic E-state index is 12.8. The van der Waals surface area contributed by atoms with Crippen LogP contribution in [0.1, 0.15) is 40.7 Å². The van der Waals surface area contributed by atoms with E-state index in [1.165, 1.54) is 15.2 Å². The van der Waals surface area contributed by atoms with Crippen molar-refractivity contribution >= 4 is 16.0 Å². The smallest absolute Gasteiger partial charge is 0.340 e. The third-order valence-corrected chi connectivity index (χ3v) is 6.12. The minimum Gasteiger partial charge on any atom is -0.478 e. The molecule has 0 saturated carbocycles. The molecule has 0 unspecified atom stereocenters. The number of benzene rings is 1. The molecule has 1 saturated heterocycles. The van der Waals surface area contributed by atoms with Gasteiger partial charge in [-0.25, -0.2) is 13.2 Å². The Labute approximate surface area is 146 Å². The van der Waals surface area contributed by atoms with E-state index in [1.54, 1.807) is 0 Å². The second kappa shape index (κ2) is 6.97. The van der Waals surface area contributed by atoms with Crippen molar-refractivity contribution in [3.05, 3.63) is 47.2 Å². The number of rotatable bonds is 5. The lowest BCUT2D eigenvalue weighted by molar-refractivity contribution is 0.0692. The first-order valence-electron chi connectivity index (χ1n) is 8.24. The number of hydrogen-bond acceptors (Lipinski definition) is 4. The van der Waals surface area contributed by atoms with Crippen LogP contribution in [0, 0.1) is 6.92 Å². The van der Waals surface area contributed by atoms with Crippen molar-refractivity contribution < 1.29 is 18.3 Å². The minimum absolute atomic E-state index is 0.279. The van der Waals surface area contributed by atoms with Crippen LogP contribution in [0.5, 0.6) is 0 Å². The third kappa shape index (κ3) is 3.74. The first-order valence-corrected chi connectivity index (χ1v) is 9.68. The molecule has 7 nitrogen and oxygen atoms in total. The van der Waals surface area contributed by atoms with Gasteiger partial charge >= 0.3 is 5.97 Å². The highest BCUT2D eigenvalue weighted by molar-refractivity contribution is 7.89. The molecule has 1 aromatic carbocycles. The number of aromatic nitrogens is 2. The average Bonchev–Trinajstić information content (AvgIpc) is 3.01. The first-order chi connectivity index (χ1) is 11.9. The second-order valence-electron chi connectivity index (χ2n) is 6.30. The van der Waals surface area contributed by atoms with Crippen molar-refractivity contribution in [2.45, 2.75) is 37.8 Å². The Morgan fingerprint density at radius 1 is 1.24 bits per heavy atom. The molecule has 0 aliphatic carbocycles. The molecule has 0 atom stereocenters. The van der Waals surface area contributed by atoms with E-state index in [2.05, 4.69) is 5.10 Å². The van der Waals surface area contributed by atoms with Gasteiger partial charge in [-0.05, 0) is 25.3 Å². The number of carbonyl (C=O) groups is 1. The lowest BCUT2D eigenvalue weighted by atomic mass is 10.1.